The largest absolute Gasteiger partial charge is 0.493 e. The molecule has 2 aromatic carbocycles. The van der Waals surface area contributed by atoms with E-state index in [9.17, 15) is 4.79 Å². The van der Waals surface area contributed by atoms with Crippen molar-refractivity contribution < 1.29 is 19.0 Å². The van der Waals surface area contributed by atoms with Crippen LogP contribution in [0.15, 0.2) is 42.5 Å². The number of amides is 2. The molecular weight excluding hydrogens is 332 g/mol. The minimum absolute atomic E-state index is 0.0222. The van der Waals surface area contributed by atoms with Crippen LogP contribution in [0.4, 0.5) is 4.79 Å². The number of benzene rings is 2. The molecule has 2 N–H and O–H groups in total. The van der Waals surface area contributed by atoms with Crippen molar-refractivity contribution in [2.24, 2.45) is 0 Å². The van der Waals surface area contributed by atoms with Gasteiger partial charge in [0.2, 0.25) is 0 Å². The number of ether oxygens (including phenoxy) is 3. The van der Waals surface area contributed by atoms with E-state index < -0.39 is 0 Å². The molecule has 6 heteroatoms. The van der Waals surface area contributed by atoms with E-state index in [0.717, 1.165) is 23.3 Å². The summed E-state index contributed by atoms with van der Waals surface area (Å²) in [5.41, 5.74) is 2.19. The van der Waals surface area contributed by atoms with E-state index in [1.54, 1.807) is 14.2 Å². The molecule has 2 amide bonds. The zero-order valence-corrected chi connectivity index (χ0v) is 15.1. The zero-order valence-electron chi connectivity index (χ0n) is 15.1. The van der Waals surface area contributed by atoms with E-state index in [1.807, 2.05) is 42.5 Å². The summed E-state index contributed by atoms with van der Waals surface area (Å²) in [5, 5.41) is 5.86. The van der Waals surface area contributed by atoms with E-state index >= 15 is 0 Å². The summed E-state index contributed by atoms with van der Waals surface area (Å²) in [6.07, 6.45) is 1.48. The lowest BCUT2D eigenvalue weighted by Gasteiger charge is -2.26. The van der Waals surface area contributed by atoms with Gasteiger partial charge in [-0.3, -0.25) is 0 Å². The Morgan fingerprint density at radius 3 is 2.77 bits per heavy atom. The van der Waals surface area contributed by atoms with Crippen molar-refractivity contribution in [2.75, 3.05) is 27.4 Å². The van der Waals surface area contributed by atoms with Gasteiger partial charge in [-0.25, -0.2) is 4.79 Å². The molecule has 1 unspecified atom stereocenters. The molecule has 0 fully saturated rings. The lowest BCUT2D eigenvalue weighted by atomic mass is 10.0. The summed E-state index contributed by atoms with van der Waals surface area (Å²) in [7, 11) is 3.22. The van der Waals surface area contributed by atoms with Crippen LogP contribution in [0.2, 0.25) is 0 Å². The number of methoxy groups -OCH3 is 2. The Kier molecular flexibility index (Phi) is 5.84. The first-order valence-corrected chi connectivity index (χ1v) is 8.65. The van der Waals surface area contributed by atoms with Crippen LogP contribution >= 0.6 is 0 Å². The van der Waals surface area contributed by atoms with E-state index in [2.05, 4.69) is 10.6 Å². The van der Waals surface area contributed by atoms with Gasteiger partial charge in [0, 0.05) is 6.54 Å². The number of urea groups is 1. The molecule has 0 aliphatic carbocycles. The van der Waals surface area contributed by atoms with Crippen LogP contribution in [0, 0.1) is 0 Å². The topological polar surface area (TPSA) is 68.8 Å². The third kappa shape index (κ3) is 4.39. The molecule has 1 aliphatic rings. The molecule has 0 saturated heterocycles. The van der Waals surface area contributed by atoms with Crippen molar-refractivity contribution in [3.63, 3.8) is 0 Å². The normalized spacial score (nSPS) is 15.4. The second kappa shape index (κ2) is 8.47. The number of rotatable bonds is 6. The Morgan fingerprint density at radius 2 is 1.96 bits per heavy atom. The molecule has 6 nitrogen and oxygen atoms in total. The molecule has 0 radical (unpaired) electrons. The van der Waals surface area contributed by atoms with Crippen LogP contribution in [0.25, 0.3) is 0 Å². The van der Waals surface area contributed by atoms with Crippen molar-refractivity contribution in [2.45, 2.75) is 18.9 Å². The molecule has 26 heavy (non-hydrogen) atoms. The standard InChI is InChI=1S/C20H24N2O4/c1-24-18-8-7-14(11-19(18)25-2)9-10-21-20(23)22-16-12-15-5-3-4-6-17(15)26-13-16/h3-8,11,16H,9-10,12-13H2,1-2H3,(H2,21,22,23). The van der Waals surface area contributed by atoms with Crippen LogP contribution in [0.3, 0.4) is 0 Å². The van der Waals surface area contributed by atoms with Gasteiger partial charge in [-0.05, 0) is 42.2 Å². The Balaban J connectivity index is 1.45. The molecule has 0 bridgehead atoms. The summed E-state index contributed by atoms with van der Waals surface area (Å²) in [4.78, 5) is 12.1. The Labute approximate surface area is 153 Å². The third-order valence-corrected chi connectivity index (χ3v) is 4.36. The molecule has 0 aromatic heterocycles. The fraction of sp³-hybridized carbons (Fsp3) is 0.350. The minimum Gasteiger partial charge on any atom is -0.493 e. The smallest absolute Gasteiger partial charge is 0.315 e. The molecule has 1 atom stereocenters. The molecular formula is C20H24N2O4. The monoisotopic (exact) mass is 356 g/mol. The maximum atomic E-state index is 12.1. The SMILES string of the molecule is COc1ccc(CCNC(=O)NC2COc3ccccc3C2)cc1OC. The molecule has 3 rings (SSSR count). The highest BCUT2D eigenvalue weighted by molar-refractivity contribution is 5.74. The van der Waals surface area contributed by atoms with Gasteiger partial charge >= 0.3 is 6.03 Å². The average Bonchev–Trinajstić information content (AvgIpc) is 2.67. The maximum Gasteiger partial charge on any atom is 0.315 e. The summed E-state index contributed by atoms with van der Waals surface area (Å²) >= 11 is 0. The first-order chi connectivity index (χ1) is 12.7. The van der Waals surface area contributed by atoms with Crippen LogP contribution in [-0.2, 0) is 12.8 Å². The van der Waals surface area contributed by atoms with Gasteiger partial charge in [0.1, 0.15) is 12.4 Å². The van der Waals surface area contributed by atoms with Crippen molar-refractivity contribution in [3.05, 3.63) is 53.6 Å². The highest BCUT2D eigenvalue weighted by Crippen LogP contribution is 2.27. The highest BCUT2D eigenvalue weighted by Gasteiger charge is 2.20. The summed E-state index contributed by atoms with van der Waals surface area (Å²) in [5.74, 6) is 2.28. The van der Waals surface area contributed by atoms with Crippen molar-refractivity contribution in [1.29, 1.82) is 0 Å². The molecule has 2 aromatic rings. The van der Waals surface area contributed by atoms with E-state index in [0.29, 0.717) is 31.1 Å². The summed E-state index contributed by atoms with van der Waals surface area (Å²) in [6, 6.07) is 13.5. The first kappa shape index (κ1) is 17.9. The number of nitrogens with one attached hydrogen (secondary N) is 2. The van der Waals surface area contributed by atoms with Gasteiger partial charge in [0.15, 0.2) is 11.5 Å². The van der Waals surface area contributed by atoms with Gasteiger partial charge in [0.05, 0.1) is 20.3 Å². The molecule has 1 heterocycles. The number of hydrogen-bond donors (Lipinski definition) is 2. The second-order valence-corrected chi connectivity index (χ2v) is 6.16. The van der Waals surface area contributed by atoms with Gasteiger partial charge in [-0.15, -0.1) is 0 Å². The van der Waals surface area contributed by atoms with Crippen LogP contribution in [0.5, 0.6) is 17.2 Å². The number of fused-ring (bicyclic) bond motifs is 1. The van der Waals surface area contributed by atoms with Crippen molar-refractivity contribution >= 4 is 6.03 Å². The number of hydrogen-bond acceptors (Lipinski definition) is 4. The van der Waals surface area contributed by atoms with E-state index in [-0.39, 0.29) is 12.1 Å². The Hall–Kier alpha value is -2.89. The van der Waals surface area contributed by atoms with E-state index in [1.165, 1.54) is 0 Å². The lowest BCUT2D eigenvalue weighted by Crippen LogP contribution is -2.47. The highest BCUT2D eigenvalue weighted by atomic mass is 16.5. The van der Waals surface area contributed by atoms with Crippen LogP contribution in [0.1, 0.15) is 11.1 Å². The Morgan fingerprint density at radius 1 is 1.15 bits per heavy atom. The first-order valence-electron chi connectivity index (χ1n) is 8.65. The van der Waals surface area contributed by atoms with Crippen LogP contribution < -0.4 is 24.8 Å². The number of carbonyl (C=O) groups is 1. The predicted octanol–water partition coefficient (Wildman–Crippen LogP) is 2.55. The number of carbonyl (C=O) groups excluding carboxylic acids is 1. The zero-order chi connectivity index (χ0) is 18.4. The fourth-order valence-electron chi connectivity index (χ4n) is 3.01. The predicted molar refractivity (Wildman–Crippen MR) is 99.2 cm³/mol. The maximum absolute atomic E-state index is 12.1. The Bertz CT molecular complexity index is 763. The van der Waals surface area contributed by atoms with Gasteiger partial charge in [-0.2, -0.15) is 0 Å². The lowest BCUT2D eigenvalue weighted by molar-refractivity contribution is 0.214. The molecule has 138 valence electrons. The van der Waals surface area contributed by atoms with Crippen LogP contribution in [-0.4, -0.2) is 39.4 Å². The molecule has 1 aliphatic heterocycles. The number of para-hydroxylation sites is 1. The average molecular weight is 356 g/mol. The molecule has 0 spiro atoms. The summed E-state index contributed by atoms with van der Waals surface area (Å²) in [6.45, 7) is 1.02. The quantitative estimate of drug-likeness (QED) is 0.835. The van der Waals surface area contributed by atoms with Gasteiger partial charge in [0.25, 0.3) is 0 Å². The van der Waals surface area contributed by atoms with Gasteiger partial charge < -0.3 is 24.8 Å². The van der Waals surface area contributed by atoms with Crippen molar-refractivity contribution in [1.82, 2.24) is 10.6 Å². The van der Waals surface area contributed by atoms with Gasteiger partial charge in [-0.1, -0.05) is 24.3 Å². The van der Waals surface area contributed by atoms with Crippen molar-refractivity contribution in [3.8, 4) is 17.2 Å². The summed E-state index contributed by atoms with van der Waals surface area (Å²) < 4.78 is 16.2. The molecule has 0 saturated carbocycles. The fourth-order valence-corrected chi connectivity index (χ4v) is 3.01. The van der Waals surface area contributed by atoms with E-state index in [4.69, 9.17) is 14.2 Å². The second-order valence-electron chi connectivity index (χ2n) is 6.16. The minimum atomic E-state index is -0.182. The third-order valence-electron chi connectivity index (χ3n) is 4.36.